The average Bonchev–Trinajstić information content (AvgIpc) is 2.16. The predicted octanol–water partition coefficient (Wildman–Crippen LogP) is 2.75. The van der Waals surface area contributed by atoms with Gasteiger partial charge < -0.3 is 5.11 Å². The molecule has 0 aliphatic heterocycles. The molecular formula is C12H10O2. The Kier molecular flexibility index (Phi) is 1.97. The molecule has 14 heavy (non-hydrogen) atoms. The molecule has 0 saturated heterocycles. The first-order valence-corrected chi connectivity index (χ1v) is 4.41. The third kappa shape index (κ3) is 1.35. The first-order valence-electron chi connectivity index (χ1n) is 4.41. The Morgan fingerprint density at radius 3 is 2.71 bits per heavy atom. The van der Waals surface area contributed by atoms with Gasteiger partial charge in [0.05, 0.1) is 0 Å². The van der Waals surface area contributed by atoms with Crippen molar-refractivity contribution in [3.63, 3.8) is 0 Å². The Balaban J connectivity index is 2.84. The number of carbonyl (C=O) groups excluding carboxylic acids is 1. The molecule has 0 saturated carbocycles. The summed E-state index contributed by atoms with van der Waals surface area (Å²) < 4.78 is 0. The number of phenols is 1. The van der Waals surface area contributed by atoms with E-state index in [0.717, 1.165) is 10.8 Å². The van der Waals surface area contributed by atoms with Gasteiger partial charge in [-0.2, -0.15) is 0 Å². The molecule has 0 bridgehead atoms. The molecule has 2 aromatic rings. The van der Waals surface area contributed by atoms with Crippen molar-refractivity contribution in [1.82, 2.24) is 0 Å². The van der Waals surface area contributed by atoms with E-state index in [1.54, 1.807) is 24.3 Å². The Morgan fingerprint density at radius 2 is 2.00 bits per heavy atom. The first-order chi connectivity index (χ1) is 6.68. The van der Waals surface area contributed by atoms with Crippen LogP contribution >= 0.6 is 0 Å². The second kappa shape index (κ2) is 3.14. The van der Waals surface area contributed by atoms with Crippen LogP contribution in [0.5, 0.6) is 5.75 Å². The van der Waals surface area contributed by atoms with Gasteiger partial charge in [0.2, 0.25) is 0 Å². The van der Waals surface area contributed by atoms with Gasteiger partial charge in [0.15, 0.2) is 5.78 Å². The maximum Gasteiger partial charge on any atom is 0.160 e. The molecule has 0 unspecified atom stereocenters. The topological polar surface area (TPSA) is 37.3 Å². The number of benzene rings is 2. The molecule has 2 nitrogen and oxygen atoms in total. The van der Waals surface area contributed by atoms with Gasteiger partial charge in [-0.3, -0.25) is 4.79 Å². The summed E-state index contributed by atoms with van der Waals surface area (Å²) in [5.74, 6) is 0.201. The van der Waals surface area contributed by atoms with Crippen LogP contribution in [0.2, 0.25) is 0 Å². The standard InChI is InChI=1S/C12H10O2/c1-8(13)11-4-2-3-9-5-6-10(14)7-12(9)11/h2-7,14H,1H3. The van der Waals surface area contributed by atoms with E-state index in [1.807, 2.05) is 12.1 Å². The van der Waals surface area contributed by atoms with Gasteiger partial charge >= 0.3 is 0 Å². The number of phenolic OH excluding ortho intramolecular Hbond substituents is 1. The molecule has 1 N–H and O–H groups in total. The van der Waals surface area contributed by atoms with Gasteiger partial charge in [-0.05, 0) is 29.8 Å². The SMILES string of the molecule is CC(=O)c1cccc2ccc(O)cc12. The minimum absolute atomic E-state index is 0.0150. The molecule has 0 heterocycles. The van der Waals surface area contributed by atoms with Gasteiger partial charge in [0.25, 0.3) is 0 Å². The minimum atomic E-state index is 0.0150. The van der Waals surface area contributed by atoms with Crippen molar-refractivity contribution >= 4 is 16.6 Å². The van der Waals surface area contributed by atoms with Gasteiger partial charge in [-0.1, -0.05) is 24.3 Å². The fourth-order valence-electron chi connectivity index (χ4n) is 1.57. The van der Waals surface area contributed by atoms with Crippen molar-refractivity contribution in [1.29, 1.82) is 0 Å². The fraction of sp³-hybridized carbons (Fsp3) is 0.0833. The van der Waals surface area contributed by atoms with Crippen LogP contribution in [0.15, 0.2) is 36.4 Å². The molecular weight excluding hydrogens is 176 g/mol. The number of Topliss-reactive ketones (excluding diaryl/α,β-unsaturated/α-hetero) is 1. The van der Waals surface area contributed by atoms with Crippen molar-refractivity contribution < 1.29 is 9.90 Å². The Bertz CT molecular complexity index is 501. The summed E-state index contributed by atoms with van der Waals surface area (Å²) in [5.41, 5.74) is 0.651. The molecule has 0 spiro atoms. The monoisotopic (exact) mass is 186 g/mol. The fourth-order valence-corrected chi connectivity index (χ4v) is 1.57. The normalized spacial score (nSPS) is 10.4. The summed E-state index contributed by atoms with van der Waals surface area (Å²) in [4.78, 5) is 11.3. The highest BCUT2D eigenvalue weighted by Crippen LogP contribution is 2.23. The quantitative estimate of drug-likeness (QED) is 0.695. The van der Waals surface area contributed by atoms with Crippen molar-refractivity contribution in [3.8, 4) is 5.75 Å². The lowest BCUT2D eigenvalue weighted by molar-refractivity contribution is 0.101. The number of aromatic hydroxyl groups is 1. The maximum atomic E-state index is 11.3. The van der Waals surface area contributed by atoms with E-state index in [1.165, 1.54) is 6.92 Å². The average molecular weight is 186 g/mol. The number of hydrogen-bond donors (Lipinski definition) is 1. The van der Waals surface area contributed by atoms with Crippen LogP contribution in [-0.2, 0) is 0 Å². The van der Waals surface area contributed by atoms with Crippen molar-refractivity contribution in [3.05, 3.63) is 42.0 Å². The zero-order valence-corrected chi connectivity index (χ0v) is 7.82. The molecule has 70 valence electrons. The molecule has 0 aliphatic rings. The summed E-state index contributed by atoms with van der Waals surface area (Å²) in [5, 5.41) is 11.1. The van der Waals surface area contributed by atoms with Crippen LogP contribution in [0.1, 0.15) is 17.3 Å². The molecule has 0 aliphatic carbocycles. The second-order valence-electron chi connectivity index (χ2n) is 3.27. The van der Waals surface area contributed by atoms with E-state index in [2.05, 4.69) is 0 Å². The van der Waals surface area contributed by atoms with Gasteiger partial charge in [-0.25, -0.2) is 0 Å². The molecule has 2 heteroatoms. The van der Waals surface area contributed by atoms with Crippen LogP contribution in [0, 0.1) is 0 Å². The van der Waals surface area contributed by atoms with Crippen LogP contribution in [-0.4, -0.2) is 10.9 Å². The lowest BCUT2D eigenvalue weighted by Gasteiger charge is -2.03. The smallest absolute Gasteiger partial charge is 0.160 e. The minimum Gasteiger partial charge on any atom is -0.508 e. The largest absolute Gasteiger partial charge is 0.508 e. The molecule has 0 radical (unpaired) electrons. The summed E-state index contributed by atoms with van der Waals surface area (Å²) in [6.45, 7) is 1.53. The highest BCUT2D eigenvalue weighted by atomic mass is 16.3. The van der Waals surface area contributed by atoms with Crippen LogP contribution in [0.3, 0.4) is 0 Å². The Hall–Kier alpha value is -1.83. The first kappa shape index (κ1) is 8.75. The third-order valence-electron chi connectivity index (χ3n) is 2.25. The number of ketones is 1. The molecule has 0 aromatic heterocycles. The number of hydrogen-bond acceptors (Lipinski definition) is 2. The Labute approximate surface area is 81.8 Å². The van der Waals surface area contributed by atoms with Crippen molar-refractivity contribution in [2.75, 3.05) is 0 Å². The summed E-state index contributed by atoms with van der Waals surface area (Å²) in [6.07, 6.45) is 0. The molecule has 0 atom stereocenters. The maximum absolute atomic E-state index is 11.3. The number of fused-ring (bicyclic) bond motifs is 1. The highest BCUT2D eigenvalue weighted by Gasteiger charge is 2.05. The van der Waals surface area contributed by atoms with Crippen molar-refractivity contribution in [2.45, 2.75) is 6.92 Å². The lowest BCUT2D eigenvalue weighted by Crippen LogP contribution is -1.92. The van der Waals surface area contributed by atoms with Crippen LogP contribution < -0.4 is 0 Å². The van der Waals surface area contributed by atoms with E-state index in [9.17, 15) is 9.90 Å². The van der Waals surface area contributed by atoms with Crippen LogP contribution in [0.25, 0.3) is 10.8 Å². The van der Waals surface area contributed by atoms with Gasteiger partial charge in [0.1, 0.15) is 5.75 Å². The molecule has 2 rings (SSSR count). The predicted molar refractivity (Wildman–Crippen MR) is 55.6 cm³/mol. The molecule has 0 amide bonds. The van der Waals surface area contributed by atoms with E-state index < -0.39 is 0 Å². The highest BCUT2D eigenvalue weighted by molar-refractivity contribution is 6.07. The second-order valence-corrected chi connectivity index (χ2v) is 3.27. The zero-order chi connectivity index (χ0) is 10.1. The van der Waals surface area contributed by atoms with E-state index >= 15 is 0 Å². The molecule has 0 fully saturated rings. The zero-order valence-electron chi connectivity index (χ0n) is 7.82. The summed E-state index contributed by atoms with van der Waals surface area (Å²) >= 11 is 0. The van der Waals surface area contributed by atoms with Gasteiger partial charge in [-0.15, -0.1) is 0 Å². The van der Waals surface area contributed by atoms with E-state index in [-0.39, 0.29) is 11.5 Å². The van der Waals surface area contributed by atoms with Crippen molar-refractivity contribution in [2.24, 2.45) is 0 Å². The van der Waals surface area contributed by atoms with E-state index in [0.29, 0.717) is 5.56 Å². The van der Waals surface area contributed by atoms with Gasteiger partial charge in [0, 0.05) is 5.56 Å². The third-order valence-corrected chi connectivity index (χ3v) is 2.25. The summed E-state index contributed by atoms with van der Waals surface area (Å²) in [7, 11) is 0. The number of carbonyl (C=O) groups is 1. The van der Waals surface area contributed by atoms with Crippen LogP contribution in [0.4, 0.5) is 0 Å². The summed E-state index contributed by atoms with van der Waals surface area (Å²) in [6, 6.07) is 10.6. The Morgan fingerprint density at radius 1 is 1.21 bits per heavy atom. The van der Waals surface area contributed by atoms with E-state index in [4.69, 9.17) is 0 Å². The molecule has 2 aromatic carbocycles. The lowest BCUT2D eigenvalue weighted by atomic mass is 10.0. The number of rotatable bonds is 1.